The topological polar surface area (TPSA) is 41.6 Å². The van der Waals surface area contributed by atoms with Crippen molar-refractivity contribution in [2.24, 2.45) is 0 Å². The normalized spacial score (nSPS) is 25.8. The molecule has 2 aliphatic heterocycles. The fraction of sp³-hybridized carbons (Fsp3) is 0.562. The number of rotatable bonds is 2. The minimum absolute atomic E-state index is 0.149. The predicted octanol–water partition coefficient (Wildman–Crippen LogP) is 2.22. The van der Waals surface area contributed by atoms with E-state index < -0.39 is 0 Å². The van der Waals surface area contributed by atoms with Gasteiger partial charge in [0.25, 0.3) is 0 Å². The van der Waals surface area contributed by atoms with Crippen molar-refractivity contribution in [2.45, 2.75) is 31.8 Å². The standard InChI is InChI=1S/C16H22N2O2/c1-12-11-18(7-4-8-20-12)16(19)9-13-10-17-15-6-3-2-5-14(13)15/h2-3,5-6,12-13,17H,4,7-11H2,1H3. The van der Waals surface area contributed by atoms with Gasteiger partial charge in [0.1, 0.15) is 0 Å². The van der Waals surface area contributed by atoms with Crippen LogP contribution in [0.15, 0.2) is 24.3 Å². The van der Waals surface area contributed by atoms with Gasteiger partial charge in [-0.1, -0.05) is 18.2 Å². The van der Waals surface area contributed by atoms with E-state index in [-0.39, 0.29) is 12.0 Å². The molecular weight excluding hydrogens is 252 g/mol. The molecule has 1 saturated heterocycles. The van der Waals surface area contributed by atoms with Crippen LogP contribution in [0, 0.1) is 0 Å². The van der Waals surface area contributed by atoms with Crippen LogP contribution in [-0.2, 0) is 9.53 Å². The molecule has 1 N–H and O–H groups in total. The maximum absolute atomic E-state index is 12.5. The molecule has 1 aromatic carbocycles. The monoisotopic (exact) mass is 274 g/mol. The van der Waals surface area contributed by atoms with E-state index in [4.69, 9.17) is 4.74 Å². The first-order valence-corrected chi connectivity index (χ1v) is 7.46. The van der Waals surface area contributed by atoms with Gasteiger partial charge in [-0.2, -0.15) is 0 Å². The zero-order chi connectivity index (χ0) is 13.9. The van der Waals surface area contributed by atoms with Crippen LogP contribution in [0.1, 0.15) is 31.2 Å². The lowest BCUT2D eigenvalue weighted by Gasteiger charge is -2.23. The van der Waals surface area contributed by atoms with Crippen LogP contribution in [0.2, 0.25) is 0 Å². The van der Waals surface area contributed by atoms with Crippen LogP contribution < -0.4 is 5.32 Å². The van der Waals surface area contributed by atoms with Gasteiger partial charge in [-0.15, -0.1) is 0 Å². The molecule has 4 heteroatoms. The van der Waals surface area contributed by atoms with E-state index in [0.717, 1.165) is 32.7 Å². The number of hydrogen-bond acceptors (Lipinski definition) is 3. The van der Waals surface area contributed by atoms with E-state index in [1.165, 1.54) is 11.3 Å². The van der Waals surface area contributed by atoms with Gasteiger partial charge < -0.3 is 15.0 Å². The van der Waals surface area contributed by atoms with Crippen molar-refractivity contribution in [2.75, 3.05) is 31.6 Å². The minimum atomic E-state index is 0.149. The van der Waals surface area contributed by atoms with E-state index in [1.54, 1.807) is 0 Å². The zero-order valence-electron chi connectivity index (χ0n) is 12.0. The second-order valence-corrected chi connectivity index (χ2v) is 5.74. The Balaban J connectivity index is 1.65. The molecule has 108 valence electrons. The molecule has 1 fully saturated rings. The molecule has 2 unspecified atom stereocenters. The molecule has 0 saturated carbocycles. The van der Waals surface area contributed by atoms with Gasteiger partial charge in [-0.05, 0) is 25.0 Å². The Kier molecular flexibility index (Phi) is 3.92. The Morgan fingerprint density at radius 2 is 2.30 bits per heavy atom. The number of hydrogen-bond donors (Lipinski definition) is 1. The third-order valence-corrected chi connectivity index (χ3v) is 4.17. The molecule has 0 aromatic heterocycles. The van der Waals surface area contributed by atoms with Crippen molar-refractivity contribution in [3.05, 3.63) is 29.8 Å². The number of ether oxygens (including phenoxy) is 1. The molecule has 0 aliphatic carbocycles. The molecule has 0 radical (unpaired) electrons. The van der Waals surface area contributed by atoms with Crippen molar-refractivity contribution >= 4 is 11.6 Å². The van der Waals surface area contributed by atoms with Gasteiger partial charge >= 0.3 is 0 Å². The summed E-state index contributed by atoms with van der Waals surface area (Å²) in [5.74, 6) is 0.559. The van der Waals surface area contributed by atoms with Crippen molar-refractivity contribution in [3.63, 3.8) is 0 Å². The van der Waals surface area contributed by atoms with Gasteiger partial charge in [0, 0.05) is 44.3 Å². The van der Waals surface area contributed by atoms with Gasteiger partial charge in [-0.25, -0.2) is 0 Å². The van der Waals surface area contributed by atoms with Crippen molar-refractivity contribution in [1.29, 1.82) is 0 Å². The molecule has 2 aliphatic rings. The minimum Gasteiger partial charge on any atom is -0.384 e. The van der Waals surface area contributed by atoms with Crippen LogP contribution >= 0.6 is 0 Å². The quantitative estimate of drug-likeness (QED) is 0.899. The maximum Gasteiger partial charge on any atom is 0.223 e. The number of nitrogens with zero attached hydrogens (tertiary/aromatic N) is 1. The van der Waals surface area contributed by atoms with E-state index in [9.17, 15) is 4.79 Å². The summed E-state index contributed by atoms with van der Waals surface area (Å²) in [6, 6.07) is 8.29. The molecule has 4 nitrogen and oxygen atoms in total. The van der Waals surface area contributed by atoms with Crippen molar-refractivity contribution in [1.82, 2.24) is 4.90 Å². The van der Waals surface area contributed by atoms with Gasteiger partial charge in [0.15, 0.2) is 0 Å². The molecule has 1 amide bonds. The Morgan fingerprint density at radius 3 is 3.20 bits per heavy atom. The molecular formula is C16H22N2O2. The molecule has 20 heavy (non-hydrogen) atoms. The van der Waals surface area contributed by atoms with E-state index >= 15 is 0 Å². The second-order valence-electron chi connectivity index (χ2n) is 5.74. The van der Waals surface area contributed by atoms with Crippen LogP contribution in [0.4, 0.5) is 5.69 Å². The number of fused-ring (bicyclic) bond motifs is 1. The Labute approximate surface area is 120 Å². The Bertz CT molecular complexity index is 489. The zero-order valence-corrected chi connectivity index (χ0v) is 12.0. The number of nitrogens with one attached hydrogen (secondary N) is 1. The summed E-state index contributed by atoms with van der Waals surface area (Å²) in [7, 11) is 0. The van der Waals surface area contributed by atoms with Gasteiger partial charge in [-0.3, -0.25) is 4.79 Å². The molecule has 0 bridgehead atoms. The third-order valence-electron chi connectivity index (χ3n) is 4.17. The van der Waals surface area contributed by atoms with E-state index in [2.05, 4.69) is 17.4 Å². The van der Waals surface area contributed by atoms with Crippen LogP contribution in [0.25, 0.3) is 0 Å². The lowest BCUT2D eigenvalue weighted by atomic mass is 9.97. The highest BCUT2D eigenvalue weighted by molar-refractivity contribution is 5.78. The number of carbonyl (C=O) groups excluding carboxylic acids is 1. The van der Waals surface area contributed by atoms with E-state index in [0.29, 0.717) is 12.3 Å². The van der Waals surface area contributed by atoms with E-state index in [1.807, 2.05) is 24.0 Å². The highest BCUT2D eigenvalue weighted by Gasteiger charge is 2.27. The fourth-order valence-electron chi connectivity index (χ4n) is 3.10. The van der Waals surface area contributed by atoms with Gasteiger partial charge in [0.2, 0.25) is 5.91 Å². The first kappa shape index (κ1) is 13.4. The van der Waals surface area contributed by atoms with Crippen LogP contribution in [0.5, 0.6) is 0 Å². The average Bonchev–Trinajstić information content (AvgIpc) is 2.72. The average molecular weight is 274 g/mol. The summed E-state index contributed by atoms with van der Waals surface area (Å²) < 4.78 is 5.60. The molecule has 3 rings (SSSR count). The first-order valence-electron chi connectivity index (χ1n) is 7.46. The SMILES string of the molecule is CC1CN(C(=O)CC2CNc3ccccc32)CCCO1. The van der Waals surface area contributed by atoms with Crippen molar-refractivity contribution < 1.29 is 9.53 Å². The summed E-state index contributed by atoms with van der Waals surface area (Å²) in [5.41, 5.74) is 2.46. The molecule has 2 heterocycles. The first-order chi connectivity index (χ1) is 9.74. The number of carbonyl (C=O) groups is 1. The Morgan fingerprint density at radius 1 is 1.45 bits per heavy atom. The number of anilines is 1. The number of benzene rings is 1. The van der Waals surface area contributed by atoms with Gasteiger partial charge in [0.05, 0.1) is 6.10 Å². The van der Waals surface area contributed by atoms with Crippen molar-refractivity contribution in [3.8, 4) is 0 Å². The molecule has 0 spiro atoms. The summed E-state index contributed by atoms with van der Waals surface area (Å²) in [4.78, 5) is 14.5. The van der Waals surface area contributed by atoms with Crippen LogP contribution in [-0.4, -0.2) is 43.2 Å². The summed E-state index contributed by atoms with van der Waals surface area (Å²) in [6.07, 6.45) is 1.68. The smallest absolute Gasteiger partial charge is 0.223 e. The number of para-hydroxylation sites is 1. The highest BCUT2D eigenvalue weighted by atomic mass is 16.5. The summed E-state index contributed by atoms with van der Waals surface area (Å²) >= 11 is 0. The Hall–Kier alpha value is -1.55. The summed E-state index contributed by atoms with van der Waals surface area (Å²) in [6.45, 7) is 5.22. The maximum atomic E-state index is 12.5. The lowest BCUT2D eigenvalue weighted by Crippen LogP contribution is -2.36. The largest absolute Gasteiger partial charge is 0.384 e. The highest BCUT2D eigenvalue weighted by Crippen LogP contribution is 2.33. The van der Waals surface area contributed by atoms with Crippen LogP contribution in [0.3, 0.4) is 0 Å². The second kappa shape index (κ2) is 5.83. The lowest BCUT2D eigenvalue weighted by molar-refractivity contribution is -0.132. The molecule has 1 aromatic rings. The number of amides is 1. The predicted molar refractivity (Wildman–Crippen MR) is 78.9 cm³/mol. The fourth-order valence-corrected chi connectivity index (χ4v) is 3.10. The summed E-state index contributed by atoms with van der Waals surface area (Å²) in [5, 5.41) is 3.38. The molecule has 2 atom stereocenters. The third kappa shape index (κ3) is 2.80.